The summed E-state index contributed by atoms with van der Waals surface area (Å²) in [5.74, 6) is 0.171. The number of carbonyl (C=O) groups excluding carboxylic acids is 1. The van der Waals surface area contributed by atoms with E-state index in [2.05, 4.69) is 38.7 Å². The summed E-state index contributed by atoms with van der Waals surface area (Å²) in [7, 11) is 1.75. The van der Waals surface area contributed by atoms with Gasteiger partial charge in [0, 0.05) is 23.5 Å². The van der Waals surface area contributed by atoms with Crippen LogP contribution in [0, 0.1) is 5.41 Å². The van der Waals surface area contributed by atoms with Crippen molar-refractivity contribution >= 4 is 21.8 Å². The number of rotatable bonds is 6. The molecular formula is C18H25BrN2O2. The number of nitrogens with one attached hydrogen (secondary N) is 2. The summed E-state index contributed by atoms with van der Waals surface area (Å²) in [6.07, 6.45) is 3.97. The number of hydrogen-bond acceptors (Lipinski definition) is 3. The van der Waals surface area contributed by atoms with Crippen molar-refractivity contribution in [1.29, 1.82) is 0 Å². The van der Waals surface area contributed by atoms with E-state index in [9.17, 15) is 4.79 Å². The van der Waals surface area contributed by atoms with Crippen LogP contribution >= 0.6 is 15.9 Å². The lowest BCUT2D eigenvalue weighted by Gasteiger charge is -2.37. The van der Waals surface area contributed by atoms with Gasteiger partial charge < -0.3 is 15.4 Å². The van der Waals surface area contributed by atoms with E-state index < -0.39 is 0 Å². The lowest BCUT2D eigenvalue weighted by molar-refractivity contribution is -0.124. The fourth-order valence-electron chi connectivity index (χ4n) is 3.63. The highest BCUT2D eigenvalue weighted by Gasteiger charge is 2.51. The van der Waals surface area contributed by atoms with Gasteiger partial charge in [0.25, 0.3) is 0 Å². The minimum Gasteiger partial charge on any atom is -0.384 e. The molecule has 3 rings (SSSR count). The molecule has 0 spiro atoms. The number of ether oxygens (including phenoxy) is 1. The quantitative estimate of drug-likeness (QED) is 0.797. The first-order chi connectivity index (χ1) is 11.1. The normalized spacial score (nSPS) is 21.7. The Hall–Kier alpha value is -0.910. The third-order valence-electron chi connectivity index (χ3n) is 5.30. The SMILES string of the molecule is COCC1(CNC(=O)C2(c3cccc(Br)c3)CC2)CCNCC1. The smallest absolute Gasteiger partial charge is 0.230 e. The van der Waals surface area contributed by atoms with Gasteiger partial charge in [0.1, 0.15) is 0 Å². The predicted molar refractivity (Wildman–Crippen MR) is 94.5 cm³/mol. The van der Waals surface area contributed by atoms with Crippen molar-refractivity contribution in [2.24, 2.45) is 5.41 Å². The summed E-state index contributed by atoms with van der Waals surface area (Å²) < 4.78 is 6.46. The van der Waals surface area contributed by atoms with Crippen molar-refractivity contribution in [2.45, 2.75) is 31.1 Å². The highest BCUT2D eigenvalue weighted by Crippen LogP contribution is 2.49. The number of benzene rings is 1. The van der Waals surface area contributed by atoms with Crippen LogP contribution in [0.1, 0.15) is 31.2 Å². The number of halogens is 1. The maximum absolute atomic E-state index is 12.8. The van der Waals surface area contributed by atoms with Gasteiger partial charge in [0.15, 0.2) is 0 Å². The van der Waals surface area contributed by atoms with Crippen molar-refractivity contribution in [2.75, 3.05) is 33.4 Å². The molecule has 1 aliphatic heterocycles. The molecule has 2 fully saturated rings. The van der Waals surface area contributed by atoms with Crippen molar-refractivity contribution in [3.05, 3.63) is 34.3 Å². The first-order valence-electron chi connectivity index (χ1n) is 8.34. The van der Waals surface area contributed by atoms with Gasteiger partial charge in [-0.15, -0.1) is 0 Å². The van der Waals surface area contributed by atoms with E-state index in [0.29, 0.717) is 13.2 Å². The van der Waals surface area contributed by atoms with E-state index in [-0.39, 0.29) is 16.7 Å². The maximum atomic E-state index is 12.8. The summed E-state index contributed by atoms with van der Waals surface area (Å²) in [6.45, 7) is 3.40. The Kier molecular flexibility index (Phi) is 5.09. The Bertz CT molecular complexity index is 560. The Morgan fingerprint density at radius 3 is 2.65 bits per heavy atom. The van der Waals surface area contributed by atoms with Crippen molar-refractivity contribution in [3.8, 4) is 0 Å². The molecule has 2 aliphatic rings. The third-order valence-corrected chi connectivity index (χ3v) is 5.79. The van der Waals surface area contributed by atoms with Crippen LogP contribution in [-0.2, 0) is 14.9 Å². The summed E-state index contributed by atoms with van der Waals surface area (Å²) in [5.41, 5.74) is 0.879. The fourth-order valence-corrected chi connectivity index (χ4v) is 4.03. The van der Waals surface area contributed by atoms with Crippen LogP contribution in [-0.4, -0.2) is 39.3 Å². The molecule has 0 aromatic heterocycles. The Morgan fingerprint density at radius 1 is 1.30 bits per heavy atom. The van der Waals surface area contributed by atoms with Crippen LogP contribution < -0.4 is 10.6 Å². The number of hydrogen-bond donors (Lipinski definition) is 2. The summed E-state index contributed by atoms with van der Waals surface area (Å²) >= 11 is 3.51. The second-order valence-electron chi connectivity index (χ2n) is 6.96. The van der Waals surface area contributed by atoms with Gasteiger partial charge in [-0.1, -0.05) is 28.1 Å². The second kappa shape index (κ2) is 6.91. The molecule has 2 N–H and O–H groups in total. The van der Waals surface area contributed by atoms with Crippen molar-refractivity contribution in [1.82, 2.24) is 10.6 Å². The van der Waals surface area contributed by atoms with E-state index in [1.807, 2.05) is 12.1 Å². The number of piperidine rings is 1. The lowest BCUT2D eigenvalue weighted by Crippen LogP contribution is -2.49. The van der Waals surface area contributed by atoms with Crippen LogP contribution in [0.2, 0.25) is 0 Å². The maximum Gasteiger partial charge on any atom is 0.230 e. The molecule has 4 nitrogen and oxygen atoms in total. The van der Waals surface area contributed by atoms with E-state index in [4.69, 9.17) is 4.74 Å². The molecule has 0 bridgehead atoms. The largest absolute Gasteiger partial charge is 0.384 e. The molecule has 0 atom stereocenters. The minimum absolute atomic E-state index is 0.0724. The monoisotopic (exact) mass is 380 g/mol. The van der Waals surface area contributed by atoms with Crippen LogP contribution in [0.25, 0.3) is 0 Å². The Labute approximate surface area is 146 Å². The molecule has 23 heavy (non-hydrogen) atoms. The molecule has 0 radical (unpaired) electrons. The van der Waals surface area contributed by atoms with Crippen LogP contribution in [0.3, 0.4) is 0 Å². The zero-order valence-electron chi connectivity index (χ0n) is 13.7. The molecule has 126 valence electrons. The van der Waals surface area contributed by atoms with E-state index in [0.717, 1.165) is 48.8 Å². The fraction of sp³-hybridized carbons (Fsp3) is 0.611. The molecule has 0 unspecified atom stereocenters. The molecule has 1 saturated carbocycles. The third kappa shape index (κ3) is 3.62. The number of methoxy groups -OCH3 is 1. The average Bonchev–Trinajstić information content (AvgIpc) is 3.36. The van der Waals surface area contributed by atoms with Gasteiger partial charge in [-0.05, 0) is 56.5 Å². The van der Waals surface area contributed by atoms with Crippen molar-refractivity contribution < 1.29 is 9.53 Å². The van der Waals surface area contributed by atoms with Crippen molar-refractivity contribution in [3.63, 3.8) is 0 Å². The van der Waals surface area contributed by atoms with E-state index >= 15 is 0 Å². The molecular weight excluding hydrogens is 356 g/mol. The van der Waals surface area contributed by atoms with Gasteiger partial charge in [-0.3, -0.25) is 4.79 Å². The van der Waals surface area contributed by atoms with Crippen LogP contribution in [0.5, 0.6) is 0 Å². The highest BCUT2D eigenvalue weighted by molar-refractivity contribution is 9.10. The molecule has 1 aromatic carbocycles. The van der Waals surface area contributed by atoms with Gasteiger partial charge in [0.2, 0.25) is 5.91 Å². The second-order valence-corrected chi connectivity index (χ2v) is 7.87. The summed E-state index contributed by atoms with van der Waals surface area (Å²) in [4.78, 5) is 12.8. The molecule has 1 amide bonds. The first-order valence-corrected chi connectivity index (χ1v) is 9.14. The Balaban J connectivity index is 1.66. The molecule has 5 heteroatoms. The minimum atomic E-state index is -0.315. The number of amides is 1. The molecule has 1 saturated heterocycles. The zero-order chi connectivity index (χ0) is 16.3. The average molecular weight is 381 g/mol. The van der Waals surface area contributed by atoms with E-state index in [1.165, 1.54) is 0 Å². The summed E-state index contributed by atoms with van der Waals surface area (Å²) in [6, 6.07) is 8.14. The molecule has 1 heterocycles. The summed E-state index contributed by atoms with van der Waals surface area (Å²) in [5, 5.41) is 6.62. The Morgan fingerprint density at radius 2 is 2.04 bits per heavy atom. The van der Waals surface area contributed by atoms with Crippen LogP contribution in [0.4, 0.5) is 0 Å². The lowest BCUT2D eigenvalue weighted by atomic mass is 9.79. The zero-order valence-corrected chi connectivity index (χ0v) is 15.2. The highest BCUT2D eigenvalue weighted by atomic mass is 79.9. The standard InChI is InChI=1S/C18H25BrN2O2/c1-23-13-17(7-9-20-10-8-17)12-21-16(22)18(5-6-18)14-3-2-4-15(19)11-14/h2-4,11,20H,5-10,12-13H2,1H3,(H,21,22). The van der Waals surface area contributed by atoms with Gasteiger partial charge >= 0.3 is 0 Å². The van der Waals surface area contributed by atoms with E-state index in [1.54, 1.807) is 7.11 Å². The molecule has 1 aliphatic carbocycles. The number of carbonyl (C=O) groups is 1. The first kappa shape index (κ1) is 16.9. The molecule has 1 aromatic rings. The van der Waals surface area contributed by atoms with Crippen LogP contribution in [0.15, 0.2) is 28.7 Å². The van der Waals surface area contributed by atoms with Gasteiger partial charge in [0.05, 0.1) is 12.0 Å². The van der Waals surface area contributed by atoms with Gasteiger partial charge in [-0.25, -0.2) is 0 Å². The predicted octanol–water partition coefficient (Wildman–Crippen LogP) is 2.61. The topological polar surface area (TPSA) is 50.4 Å². The van der Waals surface area contributed by atoms with Gasteiger partial charge in [-0.2, -0.15) is 0 Å².